The van der Waals surface area contributed by atoms with Gasteiger partial charge in [0.15, 0.2) is 5.78 Å². The molecule has 0 aliphatic heterocycles. The van der Waals surface area contributed by atoms with E-state index >= 15 is 0 Å². The summed E-state index contributed by atoms with van der Waals surface area (Å²) >= 11 is 1.38. The molecule has 0 spiro atoms. The standard InChI is InChI=1S/C24H21FN2O3S/c1-13-5-8-21(30-4)17(9-13)18-12-31-23-22(18)24(29)27(15(3)26-23)11-20(28)16-6-7-19(25)14(2)10-16/h5-10,12H,11H2,1-4H3. The van der Waals surface area contributed by atoms with E-state index in [4.69, 9.17) is 4.74 Å². The van der Waals surface area contributed by atoms with Crippen molar-refractivity contribution in [2.75, 3.05) is 7.11 Å². The summed E-state index contributed by atoms with van der Waals surface area (Å²) < 4.78 is 20.4. The lowest BCUT2D eigenvalue weighted by Gasteiger charge is -2.12. The van der Waals surface area contributed by atoms with E-state index in [1.165, 1.54) is 34.1 Å². The lowest BCUT2D eigenvalue weighted by Crippen LogP contribution is -2.27. The molecule has 5 nitrogen and oxygen atoms in total. The van der Waals surface area contributed by atoms with Gasteiger partial charge in [0.2, 0.25) is 0 Å². The zero-order chi connectivity index (χ0) is 22.3. The van der Waals surface area contributed by atoms with Crippen LogP contribution >= 0.6 is 11.3 Å². The molecule has 2 aromatic carbocycles. The van der Waals surface area contributed by atoms with Gasteiger partial charge in [-0.1, -0.05) is 11.6 Å². The number of fused-ring (bicyclic) bond motifs is 1. The summed E-state index contributed by atoms with van der Waals surface area (Å²) in [6.45, 7) is 5.11. The molecule has 4 rings (SSSR count). The lowest BCUT2D eigenvalue weighted by molar-refractivity contribution is 0.0969. The fourth-order valence-corrected chi connectivity index (χ4v) is 4.57. The quantitative estimate of drug-likeness (QED) is 0.409. The number of halogens is 1. The van der Waals surface area contributed by atoms with Crippen LogP contribution in [0.3, 0.4) is 0 Å². The predicted molar refractivity (Wildman–Crippen MR) is 121 cm³/mol. The van der Waals surface area contributed by atoms with Gasteiger partial charge in [0.1, 0.15) is 22.2 Å². The van der Waals surface area contributed by atoms with Gasteiger partial charge < -0.3 is 4.74 Å². The highest BCUT2D eigenvalue weighted by Gasteiger charge is 2.20. The van der Waals surface area contributed by atoms with Gasteiger partial charge in [-0.15, -0.1) is 11.3 Å². The van der Waals surface area contributed by atoms with Gasteiger partial charge in [-0.05, 0) is 56.7 Å². The predicted octanol–water partition coefficient (Wildman–Crippen LogP) is 5.08. The van der Waals surface area contributed by atoms with Crippen LogP contribution in [0, 0.1) is 26.6 Å². The molecule has 0 saturated heterocycles. The number of nitrogens with zero attached hydrogens (tertiary/aromatic N) is 2. The number of rotatable bonds is 5. The Hall–Kier alpha value is -3.32. The molecule has 2 heterocycles. The van der Waals surface area contributed by atoms with Crippen molar-refractivity contribution >= 4 is 27.3 Å². The fraction of sp³-hybridized carbons (Fsp3) is 0.208. The third-order valence-electron chi connectivity index (χ3n) is 5.31. The summed E-state index contributed by atoms with van der Waals surface area (Å²) in [6.07, 6.45) is 0. The van der Waals surface area contributed by atoms with E-state index in [9.17, 15) is 14.0 Å². The molecule has 0 aliphatic carbocycles. The summed E-state index contributed by atoms with van der Waals surface area (Å²) in [4.78, 5) is 31.5. The Balaban J connectivity index is 1.84. The second-order valence-corrected chi connectivity index (χ2v) is 8.33. The van der Waals surface area contributed by atoms with E-state index in [1.807, 2.05) is 30.5 Å². The molecule has 0 saturated carbocycles. The average Bonchev–Trinajstić information content (AvgIpc) is 3.16. The average molecular weight is 437 g/mol. The topological polar surface area (TPSA) is 61.2 Å². The van der Waals surface area contributed by atoms with Crippen molar-refractivity contribution in [3.63, 3.8) is 0 Å². The maximum atomic E-state index is 13.6. The Morgan fingerprint density at radius 1 is 1.13 bits per heavy atom. The molecule has 158 valence electrons. The molecule has 0 aliphatic rings. The third-order valence-corrected chi connectivity index (χ3v) is 6.18. The SMILES string of the molecule is COc1ccc(C)cc1-c1csc2nc(C)n(CC(=O)c3ccc(F)c(C)c3)c(=O)c12. The number of ketones is 1. The van der Waals surface area contributed by atoms with Crippen molar-refractivity contribution in [1.29, 1.82) is 0 Å². The molecule has 0 N–H and O–H groups in total. The van der Waals surface area contributed by atoms with E-state index < -0.39 is 0 Å². The fourth-order valence-electron chi connectivity index (χ4n) is 3.60. The molecular weight excluding hydrogens is 415 g/mol. The zero-order valence-electron chi connectivity index (χ0n) is 17.7. The maximum absolute atomic E-state index is 13.6. The second kappa shape index (κ2) is 8.07. The Morgan fingerprint density at radius 3 is 2.61 bits per heavy atom. The summed E-state index contributed by atoms with van der Waals surface area (Å²) in [7, 11) is 1.59. The Labute approximate surface area is 182 Å². The van der Waals surface area contributed by atoms with E-state index in [0.717, 1.165) is 16.7 Å². The van der Waals surface area contributed by atoms with Crippen LogP contribution in [0.5, 0.6) is 5.75 Å². The highest BCUT2D eigenvalue weighted by atomic mass is 32.1. The first-order valence-corrected chi connectivity index (χ1v) is 10.6. The second-order valence-electron chi connectivity index (χ2n) is 7.47. The summed E-state index contributed by atoms with van der Waals surface area (Å²) in [5.41, 5.74) is 3.04. The number of aromatic nitrogens is 2. The monoisotopic (exact) mass is 436 g/mol. The number of thiophene rings is 1. The minimum Gasteiger partial charge on any atom is -0.496 e. The van der Waals surface area contributed by atoms with Crippen LogP contribution in [-0.2, 0) is 6.54 Å². The molecule has 7 heteroatoms. The number of carbonyl (C=O) groups is 1. The van der Waals surface area contributed by atoms with E-state index in [2.05, 4.69) is 4.98 Å². The largest absolute Gasteiger partial charge is 0.496 e. The first-order valence-electron chi connectivity index (χ1n) is 9.73. The van der Waals surface area contributed by atoms with Gasteiger partial charge >= 0.3 is 0 Å². The number of Topliss-reactive ketones (excluding diaryl/α,β-unsaturated/α-hetero) is 1. The number of hydrogen-bond donors (Lipinski definition) is 0. The highest BCUT2D eigenvalue weighted by Crippen LogP contribution is 2.37. The van der Waals surface area contributed by atoms with Gasteiger partial charge in [0, 0.05) is 22.1 Å². The Kier molecular flexibility index (Phi) is 5.45. The van der Waals surface area contributed by atoms with Crippen LogP contribution in [0.25, 0.3) is 21.3 Å². The summed E-state index contributed by atoms with van der Waals surface area (Å²) in [5, 5.41) is 2.35. The third kappa shape index (κ3) is 3.77. The number of hydrogen-bond acceptors (Lipinski definition) is 5. The van der Waals surface area contributed by atoms with Crippen molar-refractivity contribution in [3.05, 3.63) is 80.5 Å². The van der Waals surface area contributed by atoms with Crippen molar-refractivity contribution in [3.8, 4) is 16.9 Å². The minimum absolute atomic E-state index is 0.168. The van der Waals surface area contributed by atoms with Crippen molar-refractivity contribution in [2.45, 2.75) is 27.3 Å². The van der Waals surface area contributed by atoms with Gasteiger partial charge in [0.05, 0.1) is 19.0 Å². The summed E-state index contributed by atoms with van der Waals surface area (Å²) in [5.74, 6) is 0.464. The number of carbonyl (C=O) groups excluding carboxylic acids is 1. The van der Waals surface area contributed by atoms with Crippen LogP contribution in [0.4, 0.5) is 4.39 Å². The van der Waals surface area contributed by atoms with E-state index in [-0.39, 0.29) is 23.7 Å². The molecule has 0 unspecified atom stereocenters. The molecule has 2 aromatic heterocycles. The maximum Gasteiger partial charge on any atom is 0.263 e. The molecule has 31 heavy (non-hydrogen) atoms. The number of benzene rings is 2. The van der Waals surface area contributed by atoms with Crippen molar-refractivity contribution in [1.82, 2.24) is 9.55 Å². The molecule has 0 bridgehead atoms. The first-order chi connectivity index (χ1) is 14.8. The van der Waals surface area contributed by atoms with Gasteiger partial charge in [-0.25, -0.2) is 9.37 Å². The molecule has 0 radical (unpaired) electrons. The van der Waals surface area contributed by atoms with Gasteiger partial charge in [-0.2, -0.15) is 0 Å². The molecular formula is C24H21FN2O3S. The van der Waals surface area contributed by atoms with Crippen LogP contribution in [0.2, 0.25) is 0 Å². The van der Waals surface area contributed by atoms with Crippen LogP contribution in [0.1, 0.15) is 27.3 Å². The molecule has 0 atom stereocenters. The smallest absolute Gasteiger partial charge is 0.263 e. The lowest BCUT2D eigenvalue weighted by atomic mass is 10.0. The van der Waals surface area contributed by atoms with Crippen LogP contribution in [0.15, 0.2) is 46.6 Å². The zero-order valence-corrected chi connectivity index (χ0v) is 18.5. The molecule has 4 aromatic rings. The Bertz CT molecular complexity index is 1390. The van der Waals surface area contributed by atoms with Crippen LogP contribution in [-0.4, -0.2) is 22.4 Å². The highest BCUT2D eigenvalue weighted by molar-refractivity contribution is 7.17. The van der Waals surface area contributed by atoms with Crippen molar-refractivity contribution in [2.24, 2.45) is 0 Å². The van der Waals surface area contributed by atoms with E-state index in [0.29, 0.717) is 32.9 Å². The molecule has 0 fully saturated rings. The van der Waals surface area contributed by atoms with Crippen LogP contribution < -0.4 is 10.3 Å². The summed E-state index contributed by atoms with van der Waals surface area (Å²) in [6, 6.07) is 9.98. The van der Waals surface area contributed by atoms with Gasteiger partial charge in [-0.3, -0.25) is 14.2 Å². The Morgan fingerprint density at radius 2 is 1.90 bits per heavy atom. The van der Waals surface area contributed by atoms with Gasteiger partial charge in [0.25, 0.3) is 5.56 Å². The normalized spacial score (nSPS) is 11.1. The van der Waals surface area contributed by atoms with E-state index in [1.54, 1.807) is 21.0 Å². The van der Waals surface area contributed by atoms with Crippen molar-refractivity contribution < 1.29 is 13.9 Å². The number of methoxy groups -OCH3 is 1. The molecule has 0 amide bonds. The number of ether oxygens (including phenoxy) is 1. The minimum atomic E-state index is -0.372. The number of aryl methyl sites for hydroxylation is 3. The first kappa shape index (κ1) is 20.9.